The molecular weight excluding hydrogens is 344 g/mol. The molecule has 4 nitrogen and oxygen atoms in total. The molecule has 0 aliphatic carbocycles. The molecule has 0 spiro atoms. The summed E-state index contributed by atoms with van der Waals surface area (Å²) in [5.74, 6) is 0. The molecule has 0 amide bonds. The van der Waals surface area contributed by atoms with Crippen molar-refractivity contribution < 1.29 is 17.1 Å². The van der Waals surface area contributed by atoms with E-state index in [0.717, 1.165) is 11.1 Å². The van der Waals surface area contributed by atoms with Crippen molar-refractivity contribution in [2.45, 2.75) is 49.7 Å². The molecule has 0 radical (unpaired) electrons. The largest absolute Gasteiger partial charge is 0.354 e. The van der Waals surface area contributed by atoms with Crippen LogP contribution in [0.25, 0.3) is 0 Å². The minimum Gasteiger partial charge on any atom is -0.281 e. The summed E-state index contributed by atoms with van der Waals surface area (Å²) in [5.41, 5.74) is 2.22. The van der Waals surface area contributed by atoms with E-state index in [1.165, 1.54) is 0 Å². The van der Waals surface area contributed by atoms with Crippen LogP contribution in [0.4, 0.5) is 0 Å². The second-order valence-corrected chi connectivity index (χ2v) is 8.01. The summed E-state index contributed by atoms with van der Waals surface area (Å²) >= 11 is -2.90. The van der Waals surface area contributed by atoms with Crippen molar-refractivity contribution in [3.05, 3.63) is 59.7 Å². The predicted molar refractivity (Wildman–Crippen MR) is 98.1 cm³/mol. The molecule has 1 N–H and O–H groups in total. The van der Waals surface area contributed by atoms with Gasteiger partial charge in [-0.05, 0) is 39.8 Å². The zero-order valence-electron chi connectivity index (χ0n) is 14.3. The van der Waals surface area contributed by atoms with Crippen molar-refractivity contribution >= 4 is 22.5 Å². The first-order chi connectivity index (χ1) is 11.4. The summed E-state index contributed by atoms with van der Waals surface area (Å²) in [7, 11) is 0. The van der Waals surface area contributed by atoms with Crippen molar-refractivity contribution in [2.75, 3.05) is 0 Å². The van der Waals surface area contributed by atoms with Crippen LogP contribution in [0.1, 0.15) is 25.0 Å². The molecule has 0 saturated heterocycles. The number of hydrogen-bond donors (Lipinski definition) is 1. The van der Waals surface area contributed by atoms with E-state index < -0.39 is 34.7 Å². The SMILES string of the molecule is Cc1ccc(S(=O)O[C@@H](C)[C@H](C)O[S+](O)c2ccc(C)cc2)cc1. The van der Waals surface area contributed by atoms with E-state index in [2.05, 4.69) is 0 Å². The fourth-order valence-corrected chi connectivity index (χ4v) is 3.68. The summed E-state index contributed by atoms with van der Waals surface area (Å²) in [5, 5.41) is 0. The molecule has 0 saturated carbocycles. The highest BCUT2D eigenvalue weighted by molar-refractivity contribution is 7.86. The smallest absolute Gasteiger partial charge is 0.281 e. The normalized spacial score (nSPS) is 16.4. The summed E-state index contributed by atoms with van der Waals surface area (Å²) in [4.78, 5) is 1.32. The Labute approximate surface area is 149 Å². The molecular formula is C18H23O4S2+. The van der Waals surface area contributed by atoms with Gasteiger partial charge in [-0.15, -0.1) is 8.74 Å². The van der Waals surface area contributed by atoms with E-state index in [-0.39, 0.29) is 0 Å². The molecule has 0 aromatic heterocycles. The van der Waals surface area contributed by atoms with Crippen molar-refractivity contribution in [1.29, 1.82) is 0 Å². The maximum atomic E-state index is 12.2. The number of rotatable bonds is 7. The van der Waals surface area contributed by atoms with E-state index in [1.807, 2.05) is 50.2 Å². The molecule has 4 atom stereocenters. The van der Waals surface area contributed by atoms with E-state index in [0.29, 0.717) is 9.79 Å². The van der Waals surface area contributed by atoms with Crippen LogP contribution in [0.15, 0.2) is 58.3 Å². The summed E-state index contributed by atoms with van der Waals surface area (Å²) in [6, 6.07) is 14.9. The Morgan fingerprint density at radius 2 is 1.42 bits per heavy atom. The van der Waals surface area contributed by atoms with Crippen molar-refractivity contribution in [3.8, 4) is 0 Å². The molecule has 2 rings (SSSR count). The zero-order valence-corrected chi connectivity index (χ0v) is 15.9. The Kier molecular flexibility index (Phi) is 7.01. The lowest BCUT2D eigenvalue weighted by molar-refractivity contribution is 0.0937. The number of hydrogen-bond acceptors (Lipinski definition) is 4. The topological polar surface area (TPSA) is 55.8 Å². The first-order valence-electron chi connectivity index (χ1n) is 7.69. The van der Waals surface area contributed by atoms with E-state index in [1.54, 1.807) is 26.0 Å². The van der Waals surface area contributed by atoms with Gasteiger partial charge in [0.2, 0.25) is 4.90 Å². The van der Waals surface area contributed by atoms with E-state index >= 15 is 0 Å². The summed E-state index contributed by atoms with van der Waals surface area (Å²) < 4.78 is 33.6. The van der Waals surface area contributed by atoms with Gasteiger partial charge in [0.05, 0.1) is 4.90 Å². The minimum atomic E-state index is -1.56. The van der Waals surface area contributed by atoms with Crippen LogP contribution in [0, 0.1) is 13.8 Å². The van der Waals surface area contributed by atoms with Crippen molar-refractivity contribution in [2.24, 2.45) is 0 Å². The van der Waals surface area contributed by atoms with Gasteiger partial charge < -0.3 is 0 Å². The standard InChI is InChI=1S/C18H23O4S2/c1-13-5-9-17(10-6-13)23(19)21-15(3)16(4)22-24(20)18-11-7-14(2)8-12-18/h5-12,15-16,19H,1-4H3/q+1/t15-,16-,23?,24?/m0/s1. The van der Waals surface area contributed by atoms with Gasteiger partial charge in [-0.2, -0.15) is 0 Å². The maximum Gasteiger partial charge on any atom is 0.354 e. The summed E-state index contributed by atoms with van der Waals surface area (Å²) in [6.45, 7) is 7.53. The van der Waals surface area contributed by atoms with Crippen LogP contribution >= 0.6 is 0 Å². The molecule has 0 aliphatic rings. The van der Waals surface area contributed by atoms with Gasteiger partial charge in [0.15, 0.2) is 11.1 Å². The molecule has 0 aliphatic heterocycles. The number of benzene rings is 2. The predicted octanol–water partition coefficient (Wildman–Crippen LogP) is 4.20. The third kappa shape index (κ3) is 5.43. The second kappa shape index (κ2) is 8.78. The third-order valence-electron chi connectivity index (χ3n) is 3.58. The Bertz CT molecular complexity index is 670. The van der Waals surface area contributed by atoms with Crippen molar-refractivity contribution in [3.63, 3.8) is 0 Å². The maximum absolute atomic E-state index is 12.2. The van der Waals surface area contributed by atoms with Crippen LogP contribution < -0.4 is 0 Å². The number of aryl methyl sites for hydroxylation is 2. The first kappa shape index (κ1) is 19.1. The second-order valence-electron chi connectivity index (χ2n) is 5.71. The molecule has 130 valence electrons. The van der Waals surface area contributed by atoms with Gasteiger partial charge in [0, 0.05) is 12.1 Å². The monoisotopic (exact) mass is 367 g/mol. The van der Waals surface area contributed by atoms with Crippen LogP contribution in [-0.4, -0.2) is 21.0 Å². The van der Waals surface area contributed by atoms with Gasteiger partial charge in [0.25, 0.3) is 0 Å². The van der Waals surface area contributed by atoms with Crippen LogP contribution in [0.3, 0.4) is 0 Å². The molecule has 0 heterocycles. The van der Waals surface area contributed by atoms with E-state index in [9.17, 15) is 8.76 Å². The molecule has 0 bridgehead atoms. The van der Waals surface area contributed by atoms with Gasteiger partial charge in [0.1, 0.15) is 12.2 Å². The van der Waals surface area contributed by atoms with Crippen LogP contribution in [0.2, 0.25) is 0 Å². The lowest BCUT2D eigenvalue weighted by Gasteiger charge is -2.16. The highest BCUT2D eigenvalue weighted by Gasteiger charge is 2.30. The highest BCUT2D eigenvalue weighted by atomic mass is 32.2. The molecule has 2 aromatic rings. The Morgan fingerprint density at radius 1 is 0.917 bits per heavy atom. The fourth-order valence-electron chi connectivity index (χ4n) is 1.85. The van der Waals surface area contributed by atoms with Gasteiger partial charge in [-0.25, -0.2) is 4.21 Å². The Hall–Kier alpha value is -1.18. The van der Waals surface area contributed by atoms with Crippen molar-refractivity contribution in [1.82, 2.24) is 0 Å². The average Bonchev–Trinajstić information content (AvgIpc) is 2.55. The molecule has 2 unspecified atom stereocenters. The van der Waals surface area contributed by atoms with Gasteiger partial charge in [-0.1, -0.05) is 35.4 Å². The lowest BCUT2D eigenvalue weighted by Crippen LogP contribution is -2.29. The fraction of sp³-hybridized carbons (Fsp3) is 0.333. The minimum absolute atomic E-state index is 0.408. The molecule has 0 fully saturated rings. The molecule has 2 aromatic carbocycles. The zero-order chi connectivity index (χ0) is 17.7. The molecule has 6 heteroatoms. The Morgan fingerprint density at radius 3 is 1.96 bits per heavy atom. The highest BCUT2D eigenvalue weighted by Crippen LogP contribution is 2.19. The summed E-state index contributed by atoms with van der Waals surface area (Å²) in [6.07, 6.45) is -0.839. The lowest BCUT2D eigenvalue weighted by atomic mass is 10.2. The third-order valence-corrected chi connectivity index (χ3v) is 5.88. The van der Waals surface area contributed by atoms with Gasteiger partial charge in [-0.3, -0.25) is 4.18 Å². The Balaban J connectivity index is 1.91. The van der Waals surface area contributed by atoms with E-state index in [4.69, 9.17) is 8.37 Å². The quantitative estimate of drug-likeness (QED) is 0.745. The average molecular weight is 368 g/mol. The van der Waals surface area contributed by atoms with Crippen LogP contribution in [-0.2, 0) is 30.9 Å². The van der Waals surface area contributed by atoms with Gasteiger partial charge >= 0.3 is 11.5 Å². The molecule has 24 heavy (non-hydrogen) atoms. The first-order valence-corrected chi connectivity index (χ1v) is 9.87. The van der Waals surface area contributed by atoms with Crippen LogP contribution in [0.5, 0.6) is 0 Å².